The summed E-state index contributed by atoms with van der Waals surface area (Å²) in [5.41, 5.74) is 1.50. The first-order valence-corrected chi connectivity index (χ1v) is 7.84. The fourth-order valence-corrected chi connectivity index (χ4v) is 3.60. The summed E-state index contributed by atoms with van der Waals surface area (Å²) in [5.74, 6) is 0.873. The van der Waals surface area contributed by atoms with Crippen molar-refractivity contribution in [3.63, 3.8) is 0 Å². The number of piperazine rings is 1. The van der Waals surface area contributed by atoms with Crippen molar-refractivity contribution in [3.8, 4) is 0 Å². The van der Waals surface area contributed by atoms with Gasteiger partial charge in [-0.1, -0.05) is 34.5 Å². The first-order valence-electron chi connectivity index (χ1n) is 7.05. The number of hydrogen-bond donors (Lipinski definition) is 1. The molecule has 0 spiro atoms. The van der Waals surface area contributed by atoms with Gasteiger partial charge in [-0.05, 0) is 36.5 Å². The van der Waals surface area contributed by atoms with Crippen LogP contribution in [-0.2, 0) is 0 Å². The quantitative estimate of drug-likeness (QED) is 0.849. The smallest absolute Gasteiger partial charge is 0.0377 e. The third-order valence-electron chi connectivity index (χ3n) is 4.33. The second-order valence-electron chi connectivity index (χ2n) is 5.48. The summed E-state index contributed by atoms with van der Waals surface area (Å²) >= 11 is 3.61. The summed E-state index contributed by atoms with van der Waals surface area (Å²) in [6.07, 6.45) is 4.23. The Bertz CT molecular complexity index is 407. The Morgan fingerprint density at radius 3 is 2.40 bits per heavy atom. The summed E-state index contributed by atoms with van der Waals surface area (Å²) < 4.78 is 1.21. The Hall–Kier alpha value is 0.200. The summed E-state index contributed by atoms with van der Waals surface area (Å²) in [6.45, 7) is 4.65. The van der Waals surface area contributed by atoms with E-state index in [9.17, 15) is 0 Å². The van der Waals surface area contributed by atoms with Crippen LogP contribution in [0.5, 0.6) is 0 Å². The predicted octanol–water partition coefficient (Wildman–Crippen LogP) is 4.04. The lowest BCUT2D eigenvalue weighted by molar-refractivity contribution is 0.0837. The molecule has 0 aromatic heterocycles. The highest BCUT2D eigenvalue weighted by molar-refractivity contribution is 9.10. The van der Waals surface area contributed by atoms with Crippen molar-refractivity contribution < 1.29 is 0 Å². The van der Waals surface area contributed by atoms with Crippen LogP contribution >= 0.6 is 40.7 Å². The minimum absolute atomic E-state index is 0. The lowest BCUT2D eigenvalue weighted by Crippen LogP contribution is -2.47. The fourth-order valence-electron chi connectivity index (χ4n) is 3.19. The minimum Gasteiger partial charge on any atom is -0.314 e. The van der Waals surface area contributed by atoms with E-state index in [-0.39, 0.29) is 24.8 Å². The van der Waals surface area contributed by atoms with E-state index in [1.807, 2.05) is 0 Å². The Kier molecular flexibility index (Phi) is 7.84. The Labute approximate surface area is 142 Å². The molecule has 0 amide bonds. The molecule has 1 aliphatic carbocycles. The minimum atomic E-state index is 0. The largest absolute Gasteiger partial charge is 0.314 e. The molecule has 0 radical (unpaired) electrons. The number of nitrogens with one attached hydrogen (secondary N) is 1. The highest BCUT2D eigenvalue weighted by Gasteiger charge is 2.33. The van der Waals surface area contributed by atoms with E-state index in [1.165, 1.54) is 42.4 Å². The Morgan fingerprint density at radius 1 is 1.15 bits per heavy atom. The molecule has 2 fully saturated rings. The number of hydrogen-bond acceptors (Lipinski definition) is 2. The van der Waals surface area contributed by atoms with E-state index in [2.05, 4.69) is 50.4 Å². The van der Waals surface area contributed by atoms with E-state index < -0.39 is 0 Å². The number of rotatable bonds is 3. The standard InChI is InChI=1S/C15H21BrN2.2ClH/c16-14-6-2-5-13(11-14)15(12-3-1-4-12)18-9-7-17-8-10-18;;/h2,5-6,11-12,15,17H,1,3-4,7-10H2;2*1H/t15-;;/m1../s1. The van der Waals surface area contributed by atoms with Gasteiger partial charge in [-0.3, -0.25) is 4.90 Å². The van der Waals surface area contributed by atoms with Crippen molar-refractivity contribution in [2.75, 3.05) is 26.2 Å². The van der Waals surface area contributed by atoms with E-state index in [0.29, 0.717) is 6.04 Å². The molecular formula is C15H23BrCl2N2. The van der Waals surface area contributed by atoms with Crippen LogP contribution in [0.1, 0.15) is 30.9 Å². The third-order valence-corrected chi connectivity index (χ3v) is 4.82. The van der Waals surface area contributed by atoms with Gasteiger partial charge in [0.15, 0.2) is 0 Å². The highest BCUT2D eigenvalue weighted by Crippen LogP contribution is 2.41. The Balaban J connectivity index is 0.000001000. The fraction of sp³-hybridized carbons (Fsp3) is 0.600. The zero-order chi connectivity index (χ0) is 12.4. The van der Waals surface area contributed by atoms with Crippen molar-refractivity contribution >= 4 is 40.7 Å². The first kappa shape index (κ1) is 18.2. The lowest BCUT2D eigenvalue weighted by atomic mass is 9.76. The highest BCUT2D eigenvalue weighted by atomic mass is 79.9. The summed E-state index contributed by atoms with van der Waals surface area (Å²) in [6, 6.07) is 9.55. The molecule has 114 valence electrons. The van der Waals surface area contributed by atoms with Gasteiger partial charge < -0.3 is 5.32 Å². The first-order chi connectivity index (χ1) is 8.84. The maximum Gasteiger partial charge on any atom is 0.0377 e. The van der Waals surface area contributed by atoms with Crippen molar-refractivity contribution in [3.05, 3.63) is 34.3 Å². The molecule has 0 bridgehead atoms. The number of nitrogens with zero attached hydrogens (tertiary/aromatic N) is 1. The Morgan fingerprint density at radius 2 is 1.85 bits per heavy atom. The second-order valence-corrected chi connectivity index (χ2v) is 6.39. The van der Waals surface area contributed by atoms with E-state index in [4.69, 9.17) is 0 Å². The number of halogens is 3. The third kappa shape index (κ3) is 4.11. The summed E-state index contributed by atoms with van der Waals surface area (Å²) in [5, 5.41) is 3.46. The molecule has 1 aromatic carbocycles. The van der Waals surface area contributed by atoms with Crippen molar-refractivity contribution in [2.24, 2.45) is 5.92 Å². The summed E-state index contributed by atoms with van der Waals surface area (Å²) in [7, 11) is 0. The number of benzene rings is 1. The molecule has 20 heavy (non-hydrogen) atoms. The molecule has 1 heterocycles. The molecule has 2 aliphatic rings. The van der Waals surface area contributed by atoms with Crippen LogP contribution in [0.25, 0.3) is 0 Å². The predicted molar refractivity (Wildman–Crippen MR) is 93.2 cm³/mol. The normalized spacial score (nSPS) is 21.2. The van der Waals surface area contributed by atoms with Crippen LogP contribution in [-0.4, -0.2) is 31.1 Å². The van der Waals surface area contributed by atoms with Gasteiger partial charge >= 0.3 is 0 Å². The molecule has 3 rings (SSSR count). The van der Waals surface area contributed by atoms with Gasteiger partial charge in [0.1, 0.15) is 0 Å². The average molecular weight is 382 g/mol. The van der Waals surface area contributed by atoms with Gasteiger partial charge in [-0.25, -0.2) is 0 Å². The monoisotopic (exact) mass is 380 g/mol. The molecule has 1 aliphatic heterocycles. The van der Waals surface area contributed by atoms with Crippen LogP contribution in [0.3, 0.4) is 0 Å². The van der Waals surface area contributed by atoms with Gasteiger partial charge in [-0.15, -0.1) is 24.8 Å². The second kappa shape index (κ2) is 8.60. The van der Waals surface area contributed by atoms with Gasteiger partial charge in [0.05, 0.1) is 0 Å². The van der Waals surface area contributed by atoms with Crippen LogP contribution in [0.15, 0.2) is 28.7 Å². The molecular weight excluding hydrogens is 359 g/mol. The zero-order valence-electron chi connectivity index (χ0n) is 11.6. The maximum absolute atomic E-state index is 3.61. The average Bonchev–Trinajstić information content (AvgIpc) is 2.34. The zero-order valence-corrected chi connectivity index (χ0v) is 14.8. The van der Waals surface area contributed by atoms with E-state index in [0.717, 1.165) is 19.0 Å². The molecule has 2 nitrogen and oxygen atoms in total. The molecule has 1 saturated carbocycles. The van der Waals surface area contributed by atoms with Crippen molar-refractivity contribution in [1.82, 2.24) is 10.2 Å². The van der Waals surface area contributed by atoms with Crippen LogP contribution in [0.2, 0.25) is 0 Å². The van der Waals surface area contributed by atoms with Crippen LogP contribution in [0, 0.1) is 5.92 Å². The molecule has 1 atom stereocenters. The van der Waals surface area contributed by atoms with Gasteiger partial charge in [0.2, 0.25) is 0 Å². The molecule has 0 unspecified atom stereocenters. The van der Waals surface area contributed by atoms with Crippen LogP contribution < -0.4 is 5.32 Å². The van der Waals surface area contributed by atoms with Gasteiger partial charge in [-0.2, -0.15) is 0 Å². The lowest BCUT2D eigenvalue weighted by Gasteiger charge is -2.43. The molecule has 5 heteroatoms. The van der Waals surface area contributed by atoms with E-state index >= 15 is 0 Å². The summed E-state index contributed by atoms with van der Waals surface area (Å²) in [4.78, 5) is 2.68. The molecule has 1 saturated heterocycles. The maximum atomic E-state index is 3.61. The van der Waals surface area contributed by atoms with Crippen LogP contribution in [0.4, 0.5) is 0 Å². The van der Waals surface area contributed by atoms with Gasteiger partial charge in [0.25, 0.3) is 0 Å². The molecule has 1 aromatic rings. The SMILES string of the molecule is Brc1cccc([C@@H](C2CCC2)N2CCNCC2)c1.Cl.Cl. The van der Waals surface area contributed by atoms with E-state index in [1.54, 1.807) is 0 Å². The van der Waals surface area contributed by atoms with Crippen molar-refractivity contribution in [2.45, 2.75) is 25.3 Å². The topological polar surface area (TPSA) is 15.3 Å². The van der Waals surface area contributed by atoms with Crippen molar-refractivity contribution in [1.29, 1.82) is 0 Å². The van der Waals surface area contributed by atoms with Gasteiger partial charge in [0, 0.05) is 36.7 Å². The molecule has 1 N–H and O–H groups in total.